The molecular formula is C13H14N6O4S. The number of rotatable bonds is 8. The summed E-state index contributed by atoms with van der Waals surface area (Å²) in [6.07, 6.45) is 0.208. The van der Waals surface area contributed by atoms with E-state index >= 15 is 0 Å². The number of carbonyl (C=O) groups is 2. The van der Waals surface area contributed by atoms with Crippen molar-refractivity contribution in [3.63, 3.8) is 0 Å². The largest absolute Gasteiger partial charge is 0.480 e. The fourth-order valence-electron chi connectivity index (χ4n) is 1.93. The normalized spacial score (nSPS) is 11.9. The highest BCUT2D eigenvalue weighted by molar-refractivity contribution is 7.98. The number of carboxylic acids is 1. The van der Waals surface area contributed by atoms with Crippen LogP contribution in [0, 0.1) is 4.91 Å². The molecule has 11 heteroatoms. The predicted molar refractivity (Wildman–Crippen MR) is 83.9 cm³/mol. The third-order valence-corrected chi connectivity index (χ3v) is 4.03. The zero-order chi connectivity index (χ0) is 17.5. The SMILES string of the molecule is NC(Cc1cccc(CSc2nnnn2CC(=O)O)c1)C(=O)N=O. The van der Waals surface area contributed by atoms with Crippen LogP contribution in [0.15, 0.2) is 34.6 Å². The average Bonchev–Trinajstić information content (AvgIpc) is 2.98. The molecule has 0 radical (unpaired) electrons. The van der Waals surface area contributed by atoms with Crippen molar-refractivity contribution < 1.29 is 14.7 Å². The number of aliphatic carboxylic acids is 1. The van der Waals surface area contributed by atoms with Gasteiger partial charge >= 0.3 is 11.9 Å². The summed E-state index contributed by atoms with van der Waals surface area (Å²) in [7, 11) is 0. The number of hydrogen-bond acceptors (Lipinski definition) is 8. The van der Waals surface area contributed by atoms with Crippen LogP contribution in [0.4, 0.5) is 0 Å². The van der Waals surface area contributed by atoms with Gasteiger partial charge in [-0.15, -0.1) is 10.0 Å². The molecule has 10 nitrogen and oxygen atoms in total. The van der Waals surface area contributed by atoms with Crippen LogP contribution in [0.5, 0.6) is 0 Å². The van der Waals surface area contributed by atoms with Gasteiger partial charge in [-0.1, -0.05) is 36.0 Å². The summed E-state index contributed by atoms with van der Waals surface area (Å²) in [4.78, 5) is 32.1. The number of amides is 1. The summed E-state index contributed by atoms with van der Waals surface area (Å²) in [5, 5.41) is 22.3. The molecule has 2 aromatic rings. The minimum Gasteiger partial charge on any atom is -0.480 e. The second-order valence-electron chi connectivity index (χ2n) is 4.86. The van der Waals surface area contributed by atoms with Gasteiger partial charge in [0.05, 0.1) is 6.04 Å². The highest BCUT2D eigenvalue weighted by atomic mass is 32.2. The summed E-state index contributed by atoms with van der Waals surface area (Å²) in [5.74, 6) is -1.42. The van der Waals surface area contributed by atoms with E-state index in [-0.39, 0.29) is 13.0 Å². The Morgan fingerprint density at radius 1 is 1.38 bits per heavy atom. The van der Waals surface area contributed by atoms with Crippen LogP contribution in [-0.2, 0) is 28.3 Å². The Bertz CT molecular complexity index is 750. The molecular weight excluding hydrogens is 336 g/mol. The number of hydrogen-bond donors (Lipinski definition) is 2. The smallest absolute Gasteiger partial charge is 0.325 e. The Hall–Kier alpha value is -2.66. The molecule has 0 fully saturated rings. The fraction of sp³-hybridized carbons (Fsp3) is 0.308. The number of carbonyl (C=O) groups excluding carboxylic acids is 1. The van der Waals surface area contributed by atoms with Gasteiger partial charge in [-0.2, -0.15) is 0 Å². The van der Waals surface area contributed by atoms with Crippen molar-refractivity contribution in [1.29, 1.82) is 0 Å². The molecule has 0 spiro atoms. The van der Waals surface area contributed by atoms with Crippen molar-refractivity contribution >= 4 is 23.6 Å². The molecule has 126 valence electrons. The predicted octanol–water partition coefficient (Wildman–Crippen LogP) is 0.213. The molecule has 0 aliphatic carbocycles. The summed E-state index contributed by atoms with van der Waals surface area (Å²) in [6, 6.07) is 6.34. The molecule has 0 aliphatic heterocycles. The summed E-state index contributed by atoms with van der Waals surface area (Å²) in [5.41, 5.74) is 7.31. The number of thioether (sulfide) groups is 1. The fourth-order valence-corrected chi connectivity index (χ4v) is 2.75. The van der Waals surface area contributed by atoms with Gasteiger partial charge in [0.1, 0.15) is 6.54 Å². The molecule has 0 saturated carbocycles. The Morgan fingerprint density at radius 2 is 2.12 bits per heavy atom. The maximum atomic E-state index is 11.1. The Labute approximate surface area is 140 Å². The van der Waals surface area contributed by atoms with Gasteiger partial charge in [-0.3, -0.25) is 9.59 Å². The van der Waals surface area contributed by atoms with Gasteiger partial charge in [0.15, 0.2) is 0 Å². The first-order chi connectivity index (χ1) is 11.5. The number of benzene rings is 1. The van der Waals surface area contributed by atoms with E-state index in [2.05, 4.69) is 20.7 Å². The van der Waals surface area contributed by atoms with Gasteiger partial charge in [0.2, 0.25) is 5.16 Å². The molecule has 0 aliphatic rings. The van der Waals surface area contributed by atoms with Crippen molar-refractivity contribution in [3.05, 3.63) is 40.3 Å². The third-order valence-electron chi connectivity index (χ3n) is 3.01. The van der Waals surface area contributed by atoms with Crippen molar-refractivity contribution in [1.82, 2.24) is 20.2 Å². The molecule has 1 unspecified atom stereocenters. The van der Waals surface area contributed by atoms with Gasteiger partial charge < -0.3 is 10.8 Å². The monoisotopic (exact) mass is 350 g/mol. The first kappa shape index (κ1) is 17.7. The van der Waals surface area contributed by atoms with Crippen molar-refractivity contribution in [2.24, 2.45) is 10.9 Å². The summed E-state index contributed by atoms with van der Waals surface area (Å²) < 4.78 is 1.20. The second-order valence-corrected chi connectivity index (χ2v) is 5.80. The molecule has 3 N–H and O–H groups in total. The summed E-state index contributed by atoms with van der Waals surface area (Å²) >= 11 is 1.28. The first-order valence-electron chi connectivity index (χ1n) is 6.81. The van der Waals surface area contributed by atoms with E-state index in [0.717, 1.165) is 11.1 Å². The van der Waals surface area contributed by atoms with Gasteiger partial charge in [0, 0.05) is 10.9 Å². The molecule has 2 rings (SSSR count). The Kier molecular flexibility index (Phi) is 6.09. The molecule has 1 amide bonds. The Morgan fingerprint density at radius 3 is 2.83 bits per heavy atom. The van der Waals surface area contributed by atoms with Gasteiger partial charge in [0.25, 0.3) is 0 Å². The van der Waals surface area contributed by atoms with Crippen LogP contribution in [0.25, 0.3) is 0 Å². The number of nitrogens with zero attached hydrogens (tertiary/aromatic N) is 5. The van der Waals surface area contributed by atoms with Gasteiger partial charge in [-0.25, -0.2) is 4.68 Å². The van der Waals surface area contributed by atoms with Crippen LogP contribution in [-0.4, -0.2) is 43.2 Å². The lowest BCUT2D eigenvalue weighted by Gasteiger charge is -2.08. The molecule has 0 bridgehead atoms. The van der Waals surface area contributed by atoms with E-state index in [1.54, 1.807) is 12.1 Å². The summed E-state index contributed by atoms with van der Waals surface area (Å²) in [6.45, 7) is -0.314. The highest BCUT2D eigenvalue weighted by Crippen LogP contribution is 2.21. The standard InChI is InChI=1S/C13H14N6O4S/c14-10(12(22)16-23)5-8-2-1-3-9(4-8)7-24-13-15-17-18-19(13)6-11(20)21/h1-4,10H,5-7,14H2,(H,20,21). The second kappa shape index (κ2) is 8.26. The first-order valence-corrected chi connectivity index (χ1v) is 7.79. The zero-order valence-corrected chi connectivity index (χ0v) is 13.2. The molecule has 1 heterocycles. The molecule has 1 aromatic carbocycles. The number of carboxylic acid groups (broad SMARTS) is 1. The van der Waals surface area contributed by atoms with Crippen LogP contribution in [0.1, 0.15) is 11.1 Å². The lowest BCUT2D eigenvalue weighted by molar-refractivity contribution is -0.138. The van der Waals surface area contributed by atoms with E-state index in [1.165, 1.54) is 16.4 Å². The maximum Gasteiger partial charge on any atom is 0.325 e. The molecule has 1 aromatic heterocycles. The Balaban J connectivity index is 2.00. The molecule has 0 saturated heterocycles. The third kappa shape index (κ3) is 4.93. The zero-order valence-electron chi connectivity index (χ0n) is 12.4. The number of tetrazole rings is 1. The van der Waals surface area contributed by atoms with Gasteiger partial charge in [-0.05, 0) is 28.0 Å². The number of aromatic nitrogens is 4. The van der Waals surface area contributed by atoms with Crippen molar-refractivity contribution in [3.8, 4) is 0 Å². The minimum absolute atomic E-state index is 0.208. The van der Waals surface area contributed by atoms with Crippen LogP contribution in [0.3, 0.4) is 0 Å². The lowest BCUT2D eigenvalue weighted by atomic mass is 10.0. The molecule has 24 heavy (non-hydrogen) atoms. The highest BCUT2D eigenvalue weighted by Gasteiger charge is 2.15. The van der Waals surface area contributed by atoms with Crippen molar-refractivity contribution in [2.45, 2.75) is 29.9 Å². The molecule has 1 atom stereocenters. The van der Waals surface area contributed by atoms with E-state index < -0.39 is 17.9 Å². The van der Waals surface area contributed by atoms with E-state index in [0.29, 0.717) is 10.9 Å². The topological polar surface area (TPSA) is 153 Å². The number of nitroso groups, excluding NO2 is 1. The van der Waals surface area contributed by atoms with Crippen LogP contribution >= 0.6 is 11.8 Å². The minimum atomic E-state index is -1.03. The number of nitrogens with two attached hydrogens (primary N) is 1. The average molecular weight is 350 g/mol. The quantitative estimate of drug-likeness (QED) is 0.502. The van der Waals surface area contributed by atoms with Crippen molar-refractivity contribution in [2.75, 3.05) is 0 Å². The maximum absolute atomic E-state index is 11.1. The lowest BCUT2D eigenvalue weighted by Crippen LogP contribution is -2.31. The van der Waals surface area contributed by atoms with Crippen LogP contribution in [0.2, 0.25) is 0 Å². The van der Waals surface area contributed by atoms with E-state index in [9.17, 15) is 14.5 Å². The van der Waals surface area contributed by atoms with Crippen LogP contribution < -0.4 is 5.73 Å². The van der Waals surface area contributed by atoms with E-state index in [4.69, 9.17) is 10.8 Å². The van der Waals surface area contributed by atoms with E-state index in [1.807, 2.05) is 12.1 Å².